The summed E-state index contributed by atoms with van der Waals surface area (Å²) in [5.74, 6) is -0.933. The van der Waals surface area contributed by atoms with Gasteiger partial charge in [0.25, 0.3) is 0 Å². The lowest BCUT2D eigenvalue weighted by molar-refractivity contribution is 0.0697. The van der Waals surface area contributed by atoms with Gasteiger partial charge in [-0.3, -0.25) is 0 Å². The Morgan fingerprint density at radius 1 is 1.00 bits per heavy atom. The molecule has 1 aromatic heterocycles. The van der Waals surface area contributed by atoms with Crippen LogP contribution in [0.5, 0.6) is 0 Å². The van der Waals surface area contributed by atoms with Crippen molar-refractivity contribution >= 4 is 21.9 Å². The normalized spacial score (nSPS) is 10.5. The van der Waals surface area contributed by atoms with Gasteiger partial charge in [0, 0.05) is 16.2 Å². The van der Waals surface area contributed by atoms with E-state index in [0.29, 0.717) is 0 Å². The number of nitrogens with zero attached hydrogens (tertiary/aromatic N) is 2. The van der Waals surface area contributed by atoms with E-state index in [-0.39, 0.29) is 5.56 Å². The van der Waals surface area contributed by atoms with Crippen molar-refractivity contribution in [2.75, 3.05) is 0 Å². The molecule has 0 unspecified atom stereocenters. The standard InChI is InChI=1S/C16H11BrN2O2/c17-14-5-1-11(2-6-14)13-9-18-19(10-13)15-7-3-12(4-8-15)16(20)21/h1-10H,(H,20,21). The molecule has 5 heteroatoms. The highest BCUT2D eigenvalue weighted by molar-refractivity contribution is 9.10. The Morgan fingerprint density at radius 2 is 1.67 bits per heavy atom. The van der Waals surface area contributed by atoms with E-state index >= 15 is 0 Å². The second-order valence-corrected chi connectivity index (χ2v) is 5.45. The van der Waals surface area contributed by atoms with E-state index in [4.69, 9.17) is 5.11 Å². The van der Waals surface area contributed by atoms with Crippen LogP contribution in [0, 0.1) is 0 Å². The molecule has 0 aliphatic rings. The van der Waals surface area contributed by atoms with Gasteiger partial charge in [-0.15, -0.1) is 0 Å². The third-order valence-electron chi connectivity index (χ3n) is 3.14. The van der Waals surface area contributed by atoms with Crippen LogP contribution in [-0.4, -0.2) is 20.9 Å². The number of aromatic nitrogens is 2. The van der Waals surface area contributed by atoms with E-state index < -0.39 is 5.97 Å². The van der Waals surface area contributed by atoms with Crippen molar-refractivity contribution in [2.24, 2.45) is 0 Å². The molecule has 4 nitrogen and oxygen atoms in total. The number of aromatic carboxylic acids is 1. The third kappa shape index (κ3) is 2.87. The van der Waals surface area contributed by atoms with Crippen LogP contribution in [0.1, 0.15) is 10.4 Å². The number of carbonyl (C=O) groups is 1. The van der Waals surface area contributed by atoms with Crippen molar-refractivity contribution < 1.29 is 9.90 Å². The van der Waals surface area contributed by atoms with Crippen molar-refractivity contribution in [3.8, 4) is 16.8 Å². The van der Waals surface area contributed by atoms with Gasteiger partial charge in [-0.2, -0.15) is 5.10 Å². The molecular weight excluding hydrogens is 332 g/mol. The van der Waals surface area contributed by atoms with Crippen LogP contribution in [0.2, 0.25) is 0 Å². The number of benzene rings is 2. The van der Waals surface area contributed by atoms with Gasteiger partial charge < -0.3 is 5.11 Å². The summed E-state index contributed by atoms with van der Waals surface area (Å²) in [7, 11) is 0. The van der Waals surface area contributed by atoms with Gasteiger partial charge in [0.1, 0.15) is 0 Å². The van der Waals surface area contributed by atoms with Gasteiger partial charge in [0.15, 0.2) is 0 Å². The summed E-state index contributed by atoms with van der Waals surface area (Å²) < 4.78 is 2.76. The quantitative estimate of drug-likeness (QED) is 0.782. The maximum Gasteiger partial charge on any atom is 0.335 e. The van der Waals surface area contributed by atoms with E-state index in [2.05, 4.69) is 21.0 Å². The van der Waals surface area contributed by atoms with Crippen LogP contribution < -0.4 is 0 Å². The maximum atomic E-state index is 10.8. The molecule has 0 spiro atoms. The predicted molar refractivity (Wildman–Crippen MR) is 83.7 cm³/mol. The molecule has 2 aromatic carbocycles. The molecule has 0 saturated heterocycles. The molecule has 0 amide bonds. The molecule has 1 N–H and O–H groups in total. The van der Waals surface area contributed by atoms with Gasteiger partial charge in [-0.25, -0.2) is 9.48 Å². The van der Waals surface area contributed by atoms with E-state index in [0.717, 1.165) is 21.3 Å². The molecule has 0 aliphatic heterocycles. The second kappa shape index (κ2) is 5.54. The van der Waals surface area contributed by atoms with Crippen LogP contribution in [0.4, 0.5) is 0 Å². The Balaban J connectivity index is 1.90. The Kier molecular flexibility index (Phi) is 3.58. The van der Waals surface area contributed by atoms with Crippen LogP contribution in [-0.2, 0) is 0 Å². The molecule has 3 rings (SSSR count). The lowest BCUT2D eigenvalue weighted by Gasteiger charge is -2.01. The molecule has 3 aromatic rings. The van der Waals surface area contributed by atoms with Crippen LogP contribution in [0.15, 0.2) is 65.4 Å². The smallest absolute Gasteiger partial charge is 0.335 e. The SMILES string of the molecule is O=C(O)c1ccc(-n2cc(-c3ccc(Br)cc3)cn2)cc1. The Morgan fingerprint density at radius 3 is 2.29 bits per heavy atom. The van der Waals surface area contributed by atoms with Gasteiger partial charge in [-0.05, 0) is 42.0 Å². The van der Waals surface area contributed by atoms with Crippen LogP contribution in [0.3, 0.4) is 0 Å². The largest absolute Gasteiger partial charge is 0.478 e. The zero-order valence-corrected chi connectivity index (χ0v) is 12.5. The molecule has 0 bridgehead atoms. The minimum Gasteiger partial charge on any atom is -0.478 e. The first-order chi connectivity index (χ1) is 10.1. The number of carboxylic acid groups (broad SMARTS) is 1. The van der Waals surface area contributed by atoms with Gasteiger partial charge in [0.05, 0.1) is 17.4 Å². The number of hydrogen-bond acceptors (Lipinski definition) is 2. The van der Waals surface area contributed by atoms with E-state index in [9.17, 15) is 4.79 Å². The molecule has 0 saturated carbocycles. The van der Waals surface area contributed by atoms with Crippen molar-refractivity contribution in [2.45, 2.75) is 0 Å². The lowest BCUT2D eigenvalue weighted by Crippen LogP contribution is -1.98. The topological polar surface area (TPSA) is 55.1 Å². The summed E-state index contributed by atoms with van der Waals surface area (Å²) in [4.78, 5) is 10.8. The molecule has 0 atom stereocenters. The number of hydrogen-bond donors (Lipinski definition) is 1. The van der Waals surface area contributed by atoms with Crippen molar-refractivity contribution in [3.05, 3.63) is 71.0 Å². The van der Waals surface area contributed by atoms with Crippen molar-refractivity contribution in [1.29, 1.82) is 0 Å². The second-order valence-electron chi connectivity index (χ2n) is 4.53. The molecule has 0 fully saturated rings. The zero-order chi connectivity index (χ0) is 14.8. The first-order valence-corrected chi connectivity index (χ1v) is 7.07. The first-order valence-electron chi connectivity index (χ1n) is 6.28. The first kappa shape index (κ1) is 13.6. The van der Waals surface area contributed by atoms with E-state index in [1.807, 2.05) is 30.5 Å². The Hall–Kier alpha value is -2.40. The Labute approximate surface area is 129 Å². The van der Waals surface area contributed by atoms with Gasteiger partial charge in [-0.1, -0.05) is 28.1 Å². The molecule has 1 heterocycles. The predicted octanol–water partition coefficient (Wildman–Crippen LogP) is 4.00. The number of rotatable bonds is 3. The fourth-order valence-electron chi connectivity index (χ4n) is 2.01. The fraction of sp³-hybridized carbons (Fsp3) is 0. The fourth-order valence-corrected chi connectivity index (χ4v) is 2.28. The molecule has 0 radical (unpaired) electrons. The highest BCUT2D eigenvalue weighted by atomic mass is 79.9. The molecular formula is C16H11BrN2O2. The average molecular weight is 343 g/mol. The summed E-state index contributed by atoms with van der Waals surface area (Å²) in [6.07, 6.45) is 3.70. The van der Waals surface area contributed by atoms with Crippen LogP contribution in [0.25, 0.3) is 16.8 Å². The summed E-state index contributed by atoms with van der Waals surface area (Å²) in [6.45, 7) is 0. The molecule has 104 valence electrons. The van der Waals surface area contributed by atoms with Gasteiger partial charge >= 0.3 is 5.97 Å². The van der Waals surface area contributed by atoms with Crippen molar-refractivity contribution in [1.82, 2.24) is 9.78 Å². The molecule has 21 heavy (non-hydrogen) atoms. The maximum absolute atomic E-state index is 10.8. The monoisotopic (exact) mass is 342 g/mol. The highest BCUT2D eigenvalue weighted by Gasteiger charge is 2.05. The van der Waals surface area contributed by atoms with Crippen LogP contribution >= 0.6 is 15.9 Å². The summed E-state index contributed by atoms with van der Waals surface area (Å²) in [5.41, 5.74) is 3.17. The molecule has 0 aliphatic carbocycles. The number of halogens is 1. The third-order valence-corrected chi connectivity index (χ3v) is 3.67. The zero-order valence-electron chi connectivity index (χ0n) is 10.9. The Bertz CT molecular complexity index is 777. The average Bonchev–Trinajstić information content (AvgIpc) is 2.98. The van der Waals surface area contributed by atoms with E-state index in [1.165, 1.54) is 0 Å². The summed E-state index contributed by atoms with van der Waals surface area (Å²) in [6, 6.07) is 14.6. The minimum atomic E-state index is -0.933. The lowest BCUT2D eigenvalue weighted by atomic mass is 10.1. The summed E-state index contributed by atoms with van der Waals surface area (Å²) >= 11 is 3.41. The summed E-state index contributed by atoms with van der Waals surface area (Å²) in [5, 5.41) is 13.2. The van der Waals surface area contributed by atoms with Crippen molar-refractivity contribution in [3.63, 3.8) is 0 Å². The van der Waals surface area contributed by atoms with Gasteiger partial charge in [0.2, 0.25) is 0 Å². The highest BCUT2D eigenvalue weighted by Crippen LogP contribution is 2.22. The minimum absolute atomic E-state index is 0.263. The van der Waals surface area contributed by atoms with E-state index in [1.54, 1.807) is 35.1 Å². The number of carboxylic acids is 1.